The van der Waals surface area contributed by atoms with Crippen molar-refractivity contribution in [2.45, 2.75) is 18.8 Å². The highest BCUT2D eigenvalue weighted by Gasteiger charge is 2.08. The van der Waals surface area contributed by atoms with Gasteiger partial charge in [-0.25, -0.2) is 4.98 Å². The van der Waals surface area contributed by atoms with E-state index in [0.717, 1.165) is 22.0 Å². The number of aryl methyl sites for hydroxylation is 1. The molecule has 2 nitrogen and oxygen atoms in total. The number of nitrogens with zero attached hydrogens (tertiary/aromatic N) is 2. The number of alkyl halides is 1. The van der Waals surface area contributed by atoms with Crippen molar-refractivity contribution in [3.05, 3.63) is 44.3 Å². The molecular weight excluding hydrogens is 376 g/mol. The van der Waals surface area contributed by atoms with Crippen molar-refractivity contribution in [2.24, 2.45) is 0 Å². The van der Waals surface area contributed by atoms with Crippen LogP contribution in [-0.2, 0) is 11.9 Å². The lowest BCUT2D eigenvalue weighted by Gasteiger charge is -2.19. The Balaban J connectivity index is 2.16. The summed E-state index contributed by atoms with van der Waals surface area (Å²) >= 11 is 8.79. The van der Waals surface area contributed by atoms with Crippen LogP contribution in [0, 0.1) is 6.92 Å². The second-order valence-corrected chi connectivity index (χ2v) is 6.48. The maximum atomic E-state index is 4.28. The van der Waals surface area contributed by atoms with Gasteiger partial charge in [0.05, 0.1) is 17.7 Å². The summed E-state index contributed by atoms with van der Waals surface area (Å²) in [5, 5.41) is 0.867. The number of anilines is 1. The summed E-state index contributed by atoms with van der Waals surface area (Å²) in [4.78, 5) is 7.84. The Morgan fingerprint density at radius 2 is 2.17 bits per heavy atom. The fourth-order valence-electron chi connectivity index (χ4n) is 1.67. The van der Waals surface area contributed by atoms with Crippen LogP contribution in [0.5, 0.6) is 0 Å². The van der Waals surface area contributed by atoms with Crippen molar-refractivity contribution >= 4 is 48.9 Å². The Bertz CT molecular complexity index is 540. The van der Waals surface area contributed by atoms with Gasteiger partial charge in [0.2, 0.25) is 0 Å². The van der Waals surface area contributed by atoms with Gasteiger partial charge in [-0.2, -0.15) is 0 Å². The molecule has 0 spiro atoms. The van der Waals surface area contributed by atoms with Crippen molar-refractivity contribution in [2.75, 3.05) is 11.9 Å². The van der Waals surface area contributed by atoms with E-state index in [1.165, 1.54) is 16.1 Å². The highest BCUT2D eigenvalue weighted by atomic mass is 79.9. The van der Waals surface area contributed by atoms with Crippen molar-refractivity contribution in [3.8, 4) is 0 Å². The Morgan fingerprint density at radius 3 is 2.72 bits per heavy atom. The maximum Gasteiger partial charge on any atom is 0.0798 e. The third-order valence-corrected chi connectivity index (χ3v) is 5.11. The van der Waals surface area contributed by atoms with Gasteiger partial charge in [-0.1, -0.05) is 37.9 Å². The molecule has 5 heteroatoms. The van der Waals surface area contributed by atoms with Crippen molar-refractivity contribution in [1.82, 2.24) is 4.98 Å². The fourth-order valence-corrected chi connectivity index (χ4v) is 3.87. The monoisotopic (exact) mass is 388 g/mol. The average molecular weight is 390 g/mol. The minimum atomic E-state index is 0.867. The number of rotatable bonds is 4. The number of halogens is 2. The molecule has 0 atom stereocenters. The number of aromatic nitrogens is 1. The van der Waals surface area contributed by atoms with Crippen LogP contribution in [0.2, 0.25) is 0 Å². The lowest BCUT2D eigenvalue weighted by molar-refractivity contribution is 0.925. The third kappa shape index (κ3) is 3.13. The van der Waals surface area contributed by atoms with Crippen LogP contribution >= 0.6 is 43.2 Å². The zero-order valence-corrected chi connectivity index (χ0v) is 14.3. The Morgan fingerprint density at radius 1 is 1.39 bits per heavy atom. The van der Waals surface area contributed by atoms with Crippen LogP contribution in [0.3, 0.4) is 0 Å². The van der Waals surface area contributed by atoms with Gasteiger partial charge in [0.1, 0.15) is 0 Å². The van der Waals surface area contributed by atoms with E-state index in [2.05, 4.69) is 73.9 Å². The molecule has 1 heterocycles. The van der Waals surface area contributed by atoms with E-state index in [0.29, 0.717) is 0 Å². The molecule has 0 aliphatic carbocycles. The molecule has 0 bridgehead atoms. The van der Waals surface area contributed by atoms with E-state index in [1.54, 1.807) is 11.3 Å². The van der Waals surface area contributed by atoms with E-state index in [-0.39, 0.29) is 0 Å². The van der Waals surface area contributed by atoms with Crippen LogP contribution in [0.4, 0.5) is 5.69 Å². The Labute approximate surface area is 128 Å². The highest BCUT2D eigenvalue weighted by Crippen LogP contribution is 2.26. The molecule has 0 N–H and O–H groups in total. The number of hydrogen-bond donors (Lipinski definition) is 0. The summed E-state index contributed by atoms with van der Waals surface area (Å²) in [6.45, 7) is 2.96. The summed E-state index contributed by atoms with van der Waals surface area (Å²) in [5.41, 5.74) is 5.51. The van der Waals surface area contributed by atoms with Crippen LogP contribution in [-0.4, -0.2) is 12.0 Å². The Hall–Kier alpha value is -0.390. The minimum absolute atomic E-state index is 0.867. The van der Waals surface area contributed by atoms with E-state index in [1.807, 2.05) is 5.51 Å². The zero-order valence-electron chi connectivity index (χ0n) is 10.3. The van der Waals surface area contributed by atoms with Gasteiger partial charge in [0.25, 0.3) is 0 Å². The van der Waals surface area contributed by atoms with Crippen LogP contribution in [0.25, 0.3) is 0 Å². The van der Waals surface area contributed by atoms with Gasteiger partial charge in [-0.15, -0.1) is 11.3 Å². The molecule has 0 fully saturated rings. The molecule has 96 valence electrons. The fraction of sp³-hybridized carbons (Fsp3) is 0.308. The molecule has 0 radical (unpaired) electrons. The van der Waals surface area contributed by atoms with E-state index in [9.17, 15) is 0 Å². The van der Waals surface area contributed by atoms with Crippen molar-refractivity contribution in [3.63, 3.8) is 0 Å². The molecule has 0 saturated heterocycles. The molecule has 2 aromatic rings. The lowest BCUT2D eigenvalue weighted by atomic mass is 10.2. The maximum absolute atomic E-state index is 4.28. The smallest absolute Gasteiger partial charge is 0.0798 e. The minimum Gasteiger partial charge on any atom is -0.369 e. The summed E-state index contributed by atoms with van der Waals surface area (Å²) in [6, 6.07) is 6.45. The van der Waals surface area contributed by atoms with Crippen molar-refractivity contribution < 1.29 is 0 Å². The topological polar surface area (TPSA) is 16.1 Å². The van der Waals surface area contributed by atoms with E-state index >= 15 is 0 Å². The van der Waals surface area contributed by atoms with Crippen LogP contribution in [0.1, 0.15) is 16.1 Å². The first-order chi connectivity index (χ1) is 8.61. The second-order valence-electron chi connectivity index (χ2n) is 4.13. The largest absolute Gasteiger partial charge is 0.369 e. The molecule has 1 aromatic carbocycles. The molecule has 18 heavy (non-hydrogen) atoms. The summed E-state index contributed by atoms with van der Waals surface area (Å²) in [5.74, 6) is 0. The molecule has 0 aliphatic heterocycles. The second kappa shape index (κ2) is 6.17. The normalized spacial score (nSPS) is 10.7. The molecule has 2 rings (SSSR count). The summed E-state index contributed by atoms with van der Waals surface area (Å²) < 4.78 is 1.14. The predicted molar refractivity (Wildman–Crippen MR) is 85.7 cm³/mol. The predicted octanol–water partition coefficient (Wildman–Crippen LogP) is 4.75. The van der Waals surface area contributed by atoms with Crippen LogP contribution < -0.4 is 4.90 Å². The molecule has 0 saturated carbocycles. The quantitative estimate of drug-likeness (QED) is 0.701. The molecular formula is C13H14Br2N2S. The number of benzene rings is 1. The van der Waals surface area contributed by atoms with E-state index < -0.39 is 0 Å². The van der Waals surface area contributed by atoms with Crippen molar-refractivity contribution in [1.29, 1.82) is 0 Å². The van der Waals surface area contributed by atoms with Gasteiger partial charge in [0, 0.05) is 27.4 Å². The molecule has 1 aromatic heterocycles. The van der Waals surface area contributed by atoms with Gasteiger partial charge in [-0.3, -0.25) is 0 Å². The SMILES string of the molecule is Cc1ncsc1CN(C)c1ccc(CBr)c(Br)c1. The molecule has 0 amide bonds. The zero-order chi connectivity index (χ0) is 13.1. The van der Waals surface area contributed by atoms with E-state index in [4.69, 9.17) is 0 Å². The first kappa shape index (κ1) is 14.0. The molecule has 0 aliphatic rings. The number of hydrogen-bond acceptors (Lipinski definition) is 3. The van der Waals surface area contributed by atoms with Gasteiger partial charge < -0.3 is 4.90 Å². The van der Waals surface area contributed by atoms with Gasteiger partial charge in [-0.05, 0) is 24.6 Å². The summed E-state index contributed by atoms with van der Waals surface area (Å²) in [6.07, 6.45) is 0. The molecule has 0 unspecified atom stereocenters. The first-order valence-corrected chi connectivity index (χ1v) is 8.35. The standard InChI is InChI=1S/C13H14Br2N2S/c1-9-13(18-8-16-9)7-17(2)11-4-3-10(6-14)12(15)5-11/h3-5,8H,6-7H2,1-2H3. The first-order valence-electron chi connectivity index (χ1n) is 5.56. The highest BCUT2D eigenvalue weighted by molar-refractivity contribution is 9.10. The Kier molecular flexibility index (Phi) is 4.81. The lowest BCUT2D eigenvalue weighted by Crippen LogP contribution is -2.16. The van der Waals surface area contributed by atoms with Crippen LogP contribution in [0.15, 0.2) is 28.2 Å². The van der Waals surface area contributed by atoms with Gasteiger partial charge >= 0.3 is 0 Å². The van der Waals surface area contributed by atoms with Gasteiger partial charge in [0.15, 0.2) is 0 Å². The average Bonchev–Trinajstić information content (AvgIpc) is 2.75. The number of thiazole rings is 1. The summed E-state index contributed by atoms with van der Waals surface area (Å²) in [7, 11) is 2.11. The third-order valence-electron chi connectivity index (χ3n) is 2.85.